The molecule has 0 aliphatic rings. The summed E-state index contributed by atoms with van der Waals surface area (Å²) in [5, 5.41) is 2.16. The average molecular weight is 498 g/mol. The van der Waals surface area contributed by atoms with Crippen molar-refractivity contribution in [3.8, 4) is 11.1 Å². The van der Waals surface area contributed by atoms with Gasteiger partial charge in [-0.15, -0.1) is 46.7 Å². The minimum absolute atomic E-state index is 0.210. The van der Waals surface area contributed by atoms with Gasteiger partial charge in [-0.3, -0.25) is 0 Å². The molecule has 154 valence electrons. The normalized spacial score (nSPS) is 10.2. The van der Waals surface area contributed by atoms with E-state index < -0.39 is 11.6 Å². The topological polar surface area (TPSA) is 0 Å². The van der Waals surface area contributed by atoms with Crippen LogP contribution in [0.25, 0.3) is 21.9 Å². The minimum atomic E-state index is -0.815. The van der Waals surface area contributed by atoms with Crippen molar-refractivity contribution >= 4 is 16.2 Å². The molecule has 0 radical (unpaired) electrons. The van der Waals surface area contributed by atoms with Crippen LogP contribution in [0.2, 0.25) is 13.1 Å². The van der Waals surface area contributed by atoms with E-state index in [4.69, 9.17) is 0 Å². The number of hydrogen-bond acceptors (Lipinski definition) is 0. The van der Waals surface area contributed by atoms with Crippen molar-refractivity contribution in [2.45, 2.75) is 40.8 Å². The predicted octanol–water partition coefficient (Wildman–Crippen LogP) is 7.93. The number of aryl methyl sites for hydroxylation is 2. The second-order valence-corrected chi connectivity index (χ2v) is 17.1. The fourth-order valence-corrected chi connectivity index (χ4v) is 3.20. The third-order valence-corrected chi connectivity index (χ3v) is 5.09. The first-order valence-corrected chi connectivity index (χ1v) is 16.1. The van der Waals surface area contributed by atoms with Gasteiger partial charge in [-0.25, -0.2) is 8.78 Å². The van der Waals surface area contributed by atoms with Gasteiger partial charge in [-0.2, -0.15) is 28.3 Å². The maximum Gasteiger partial charge on any atom is 0.158 e. The molecule has 0 saturated heterocycles. The van der Waals surface area contributed by atoms with Crippen LogP contribution in [0.15, 0.2) is 60.7 Å². The van der Waals surface area contributed by atoms with Crippen molar-refractivity contribution in [2.75, 3.05) is 0 Å². The summed E-state index contributed by atoms with van der Waals surface area (Å²) < 4.78 is 26.1. The third-order valence-electron chi connectivity index (χ3n) is 5.09. The molecule has 0 fully saturated rings. The quantitative estimate of drug-likeness (QED) is 0.185. The van der Waals surface area contributed by atoms with Gasteiger partial charge in [-0.05, 0) is 12.1 Å². The molecule has 0 aliphatic heterocycles. The Morgan fingerprint density at radius 3 is 1.90 bits per heavy atom. The van der Waals surface area contributed by atoms with Crippen molar-refractivity contribution in [3.05, 3.63) is 94.6 Å². The molecule has 0 unspecified atom stereocenters. The van der Waals surface area contributed by atoms with Gasteiger partial charge in [0.25, 0.3) is 0 Å². The number of hydrogen-bond donors (Lipinski definition) is 0. The van der Waals surface area contributed by atoms with Crippen molar-refractivity contribution in [1.82, 2.24) is 0 Å². The second-order valence-electron chi connectivity index (χ2n) is 7.72. The Kier molecular flexibility index (Phi) is 9.12. The fraction of sp³-hybridized carbons (Fsp3) is 0.231. The summed E-state index contributed by atoms with van der Waals surface area (Å²) in [6, 6.07) is 18.0. The van der Waals surface area contributed by atoms with E-state index in [1.54, 1.807) is 29.4 Å². The van der Waals surface area contributed by atoms with Gasteiger partial charge in [0, 0.05) is 0 Å². The zero-order chi connectivity index (χ0) is 22.4. The zero-order valence-corrected chi connectivity index (χ0v) is 22.0. The minimum Gasteiger partial charge on any atom is -0.204 e. The smallest absolute Gasteiger partial charge is 0.158 e. The van der Waals surface area contributed by atoms with E-state index in [1.807, 2.05) is 36.4 Å². The van der Waals surface area contributed by atoms with Gasteiger partial charge in [0.1, 0.15) is 0 Å². The summed E-state index contributed by atoms with van der Waals surface area (Å²) >= 11 is 1.74. The first-order chi connectivity index (χ1) is 14.1. The molecular formula is C26H28F2SiZr. The van der Waals surface area contributed by atoms with E-state index in [-0.39, 0.29) is 5.43 Å². The second kappa shape index (κ2) is 11.1. The Morgan fingerprint density at radius 2 is 1.40 bits per heavy atom. The fourth-order valence-electron chi connectivity index (χ4n) is 3.20. The molecule has 4 rings (SSSR count). The molecule has 4 aromatic carbocycles. The summed E-state index contributed by atoms with van der Waals surface area (Å²) in [6.45, 7) is 13.3. The summed E-state index contributed by atoms with van der Waals surface area (Å²) in [6.07, 6.45) is 0. The molecule has 0 N–H and O–H groups in total. The summed E-state index contributed by atoms with van der Waals surface area (Å²) in [5.41, 5.74) is 7.59. The van der Waals surface area contributed by atoms with Gasteiger partial charge in [0.2, 0.25) is 0 Å². The summed E-state index contributed by atoms with van der Waals surface area (Å²) in [5.74, 6) is -1.63. The summed E-state index contributed by atoms with van der Waals surface area (Å²) in [7, 11) is 0. The van der Waals surface area contributed by atoms with Gasteiger partial charge < -0.3 is 0 Å². The Balaban J connectivity index is 0.000000207. The van der Waals surface area contributed by atoms with Crippen LogP contribution in [0, 0.1) is 39.3 Å². The molecule has 0 saturated carbocycles. The molecule has 0 nitrogen and oxygen atoms in total. The van der Waals surface area contributed by atoms with Crippen molar-refractivity contribution in [2.24, 2.45) is 0 Å². The third kappa shape index (κ3) is 6.43. The average Bonchev–Trinajstić information content (AvgIpc) is 3.21. The predicted molar refractivity (Wildman–Crippen MR) is 123 cm³/mol. The molecule has 0 bridgehead atoms. The largest absolute Gasteiger partial charge is 0.204 e. The molecule has 0 aromatic heterocycles. The maximum atomic E-state index is 13.2. The number of halogens is 2. The molecule has 0 amide bonds. The number of fused-ring (bicyclic) bond motifs is 1. The van der Waals surface area contributed by atoms with Gasteiger partial charge in [-0.1, -0.05) is 45.4 Å². The standard InChI is InChI=1S/C15H9F2.C9H13.C2H6Si.Zr/c16-14-8-6-11(9-15(14)17)13-7-5-10-3-1-2-4-12(10)13;1-6-5-7(2)9(4)8(6)3;1-3-2;/h1-9H;5H,1-4H3;1-2H3;/q2*-1;;+2. The number of rotatable bonds is 1. The van der Waals surface area contributed by atoms with E-state index in [0.29, 0.717) is 5.56 Å². The van der Waals surface area contributed by atoms with Crippen LogP contribution in [-0.2, 0) is 23.3 Å². The molecule has 0 atom stereocenters. The Morgan fingerprint density at radius 1 is 0.833 bits per heavy atom. The Hall–Kier alpha value is -1.64. The van der Waals surface area contributed by atoms with Crippen LogP contribution in [0.5, 0.6) is 0 Å². The van der Waals surface area contributed by atoms with E-state index in [0.717, 1.165) is 22.4 Å². The van der Waals surface area contributed by atoms with E-state index >= 15 is 0 Å². The monoisotopic (exact) mass is 496 g/mol. The molecule has 4 heteroatoms. The molecule has 30 heavy (non-hydrogen) atoms. The molecule has 0 aliphatic carbocycles. The molecule has 0 heterocycles. The van der Waals surface area contributed by atoms with Crippen LogP contribution in [0.4, 0.5) is 8.78 Å². The maximum absolute atomic E-state index is 13.2. The Bertz CT molecular complexity index is 1120. The van der Waals surface area contributed by atoms with E-state index in [1.165, 1.54) is 28.3 Å². The van der Waals surface area contributed by atoms with Crippen LogP contribution in [-0.4, -0.2) is 5.43 Å². The SMILES string of the molecule is C[Si](C)=[Zr+2].Cc1[cH-]c(C)c(C)c1C.Fc1ccc(-c2c[cH-]c3ccccc23)cc1F. The zero-order valence-electron chi connectivity index (χ0n) is 18.5. The van der Waals surface area contributed by atoms with Crippen molar-refractivity contribution < 1.29 is 32.1 Å². The Labute approximate surface area is 194 Å². The van der Waals surface area contributed by atoms with Gasteiger partial charge in [0.15, 0.2) is 11.6 Å². The van der Waals surface area contributed by atoms with Crippen LogP contribution in [0.1, 0.15) is 22.3 Å². The van der Waals surface area contributed by atoms with Crippen molar-refractivity contribution in [3.63, 3.8) is 0 Å². The number of benzene rings is 2. The van der Waals surface area contributed by atoms with Crippen LogP contribution in [0.3, 0.4) is 0 Å². The first kappa shape index (κ1) is 24.6. The molecule has 4 aromatic rings. The summed E-state index contributed by atoms with van der Waals surface area (Å²) in [4.78, 5) is 0. The molecular weight excluding hydrogens is 470 g/mol. The first-order valence-electron chi connectivity index (χ1n) is 9.93. The van der Waals surface area contributed by atoms with Crippen molar-refractivity contribution in [1.29, 1.82) is 0 Å². The van der Waals surface area contributed by atoms with Gasteiger partial charge in [0.05, 0.1) is 0 Å². The molecule has 0 spiro atoms. The van der Waals surface area contributed by atoms with Crippen LogP contribution >= 0.6 is 0 Å². The van der Waals surface area contributed by atoms with E-state index in [9.17, 15) is 8.78 Å². The van der Waals surface area contributed by atoms with E-state index in [2.05, 4.69) is 46.9 Å². The van der Waals surface area contributed by atoms with Crippen LogP contribution < -0.4 is 0 Å². The van der Waals surface area contributed by atoms with Gasteiger partial charge >= 0.3 is 41.9 Å².